The van der Waals surface area contributed by atoms with Gasteiger partial charge in [0.25, 0.3) is 0 Å². The molecule has 2 fully saturated rings. The van der Waals surface area contributed by atoms with Gasteiger partial charge in [-0.3, -0.25) is 4.79 Å². The Hall–Kier alpha value is -1.79. The third kappa shape index (κ3) is 4.13. The van der Waals surface area contributed by atoms with Gasteiger partial charge in [-0.05, 0) is 50.9 Å². The van der Waals surface area contributed by atoms with E-state index in [-0.39, 0.29) is 23.8 Å². The molecule has 0 radical (unpaired) electrons. The second-order valence-electron chi connectivity index (χ2n) is 9.74. The highest BCUT2D eigenvalue weighted by molar-refractivity contribution is 5.91. The summed E-state index contributed by atoms with van der Waals surface area (Å²) in [4.78, 5) is 38.9. The van der Waals surface area contributed by atoms with Crippen LogP contribution in [0.1, 0.15) is 61.3 Å². The van der Waals surface area contributed by atoms with Gasteiger partial charge in [0.2, 0.25) is 5.91 Å². The predicted octanol–water partition coefficient (Wildman–Crippen LogP) is 2.64. The maximum absolute atomic E-state index is 13.3. The van der Waals surface area contributed by atoms with Gasteiger partial charge in [0.05, 0.1) is 0 Å². The summed E-state index contributed by atoms with van der Waals surface area (Å²) in [5.41, 5.74) is -1.26. The summed E-state index contributed by atoms with van der Waals surface area (Å²) >= 11 is 0. The molecule has 2 N–H and O–H groups in total. The number of piperidine rings is 1. The van der Waals surface area contributed by atoms with Crippen LogP contribution in [0.3, 0.4) is 0 Å². The first-order chi connectivity index (χ1) is 11.7. The highest BCUT2D eigenvalue weighted by Gasteiger charge is 2.56. The minimum atomic E-state index is -0.970. The van der Waals surface area contributed by atoms with Gasteiger partial charge in [-0.25, -0.2) is 9.59 Å². The molecule has 0 spiro atoms. The second-order valence-corrected chi connectivity index (χ2v) is 9.74. The van der Waals surface area contributed by atoms with Crippen molar-refractivity contribution in [1.29, 1.82) is 0 Å². The number of carbonyl (C=O) groups excluding carboxylic acids is 2. The van der Waals surface area contributed by atoms with Crippen LogP contribution in [-0.4, -0.2) is 51.7 Å². The summed E-state index contributed by atoms with van der Waals surface area (Å²) in [6.45, 7) is 12.8. The van der Waals surface area contributed by atoms with Crippen LogP contribution < -0.4 is 5.32 Å². The molecule has 0 aromatic carbocycles. The maximum atomic E-state index is 13.3. The number of hydrogen-bond donors (Lipinski definition) is 2. The third-order valence-corrected chi connectivity index (χ3v) is 5.30. The molecule has 2 amide bonds. The Labute approximate surface area is 155 Å². The first-order valence-corrected chi connectivity index (χ1v) is 9.27. The number of alkyl carbamates (subject to hydrolysis) is 1. The lowest BCUT2D eigenvalue weighted by Crippen LogP contribution is -2.60. The van der Waals surface area contributed by atoms with Crippen molar-refractivity contribution < 1.29 is 24.2 Å². The zero-order valence-electron chi connectivity index (χ0n) is 16.8. The first-order valence-electron chi connectivity index (χ1n) is 9.27. The normalized spacial score (nSPS) is 29.4. The Kier molecular flexibility index (Phi) is 5.32. The first kappa shape index (κ1) is 20.5. The number of carboxylic acid groups (broad SMARTS) is 1. The van der Waals surface area contributed by atoms with Crippen molar-refractivity contribution in [1.82, 2.24) is 10.2 Å². The highest BCUT2D eigenvalue weighted by Crippen LogP contribution is 2.47. The monoisotopic (exact) mass is 368 g/mol. The fraction of sp³-hybridized carbons (Fsp3) is 0.842. The van der Waals surface area contributed by atoms with Crippen molar-refractivity contribution in [2.75, 3.05) is 0 Å². The zero-order valence-corrected chi connectivity index (χ0v) is 16.8. The van der Waals surface area contributed by atoms with E-state index >= 15 is 0 Å². The molecule has 1 saturated carbocycles. The summed E-state index contributed by atoms with van der Waals surface area (Å²) in [7, 11) is 0. The minimum Gasteiger partial charge on any atom is -0.480 e. The Morgan fingerprint density at radius 3 is 2.15 bits per heavy atom. The lowest BCUT2D eigenvalue weighted by atomic mass is 9.84. The van der Waals surface area contributed by atoms with E-state index in [1.165, 1.54) is 4.90 Å². The Bertz CT molecular complexity index is 590. The molecule has 148 valence electrons. The molecule has 5 atom stereocenters. The Balaban J connectivity index is 2.24. The van der Waals surface area contributed by atoms with Crippen LogP contribution in [-0.2, 0) is 14.3 Å². The largest absolute Gasteiger partial charge is 0.480 e. The van der Waals surface area contributed by atoms with E-state index in [1.807, 2.05) is 27.7 Å². The van der Waals surface area contributed by atoms with Gasteiger partial charge in [-0.15, -0.1) is 0 Å². The number of nitrogens with zero attached hydrogens (tertiary/aromatic N) is 1. The molecule has 1 aliphatic carbocycles. The molecule has 2 rings (SSSR count). The van der Waals surface area contributed by atoms with Crippen LogP contribution in [0, 0.1) is 17.3 Å². The number of likely N-dealkylation sites (tertiary alicyclic amines) is 1. The fourth-order valence-electron chi connectivity index (χ4n) is 4.19. The molecule has 1 heterocycles. The topological polar surface area (TPSA) is 95.9 Å². The van der Waals surface area contributed by atoms with Crippen molar-refractivity contribution in [3.63, 3.8) is 0 Å². The van der Waals surface area contributed by atoms with E-state index in [9.17, 15) is 19.5 Å². The lowest BCUT2D eigenvalue weighted by Gasteiger charge is -2.40. The quantitative estimate of drug-likeness (QED) is 0.798. The van der Waals surface area contributed by atoms with Crippen LogP contribution in [0.5, 0.6) is 0 Å². The minimum absolute atomic E-state index is 0.0244. The number of carboxylic acids is 1. The molecule has 0 aromatic heterocycles. The van der Waals surface area contributed by atoms with Crippen LogP contribution in [0.2, 0.25) is 0 Å². The molecule has 0 unspecified atom stereocenters. The SMILES string of the molecule is C[C@H]1C[C@@H]2C[C@H]1[C@@H](C(=O)O)N2C(=O)[C@@H](NC(=O)OC(C)(C)C)C(C)(C)C. The number of ether oxygens (including phenoxy) is 1. The molecule has 2 bridgehead atoms. The maximum Gasteiger partial charge on any atom is 0.408 e. The average Bonchev–Trinajstić information content (AvgIpc) is 2.97. The average molecular weight is 368 g/mol. The van der Waals surface area contributed by atoms with E-state index in [0.29, 0.717) is 6.42 Å². The third-order valence-electron chi connectivity index (χ3n) is 5.30. The Morgan fingerprint density at radius 2 is 1.69 bits per heavy atom. The number of amides is 2. The van der Waals surface area contributed by atoms with Gasteiger partial charge in [-0.2, -0.15) is 0 Å². The lowest BCUT2D eigenvalue weighted by molar-refractivity contribution is -0.155. The van der Waals surface area contributed by atoms with Gasteiger partial charge < -0.3 is 20.1 Å². The summed E-state index contributed by atoms with van der Waals surface area (Å²) in [5.74, 6) is -1.04. The molecule has 0 aromatic rings. The van der Waals surface area contributed by atoms with Crippen molar-refractivity contribution in [2.24, 2.45) is 17.3 Å². The molecule has 1 saturated heterocycles. The van der Waals surface area contributed by atoms with Gasteiger partial charge in [0.1, 0.15) is 17.7 Å². The number of nitrogens with one attached hydrogen (secondary N) is 1. The van der Waals surface area contributed by atoms with Crippen LogP contribution >= 0.6 is 0 Å². The van der Waals surface area contributed by atoms with Gasteiger partial charge in [-0.1, -0.05) is 27.7 Å². The van der Waals surface area contributed by atoms with E-state index in [4.69, 9.17) is 4.74 Å². The smallest absolute Gasteiger partial charge is 0.408 e. The number of hydrogen-bond acceptors (Lipinski definition) is 4. The number of aliphatic carboxylic acids is 1. The molecular formula is C19H32N2O5. The standard InChI is InChI=1S/C19H32N2O5/c1-10-8-11-9-12(10)13(16(23)24)21(11)15(22)14(18(2,3)4)20-17(25)26-19(5,6)7/h10-14H,8-9H2,1-7H3,(H,20,25)(H,23,24)/t10-,11+,12+,13-,14+/m0/s1. The molecule has 26 heavy (non-hydrogen) atoms. The highest BCUT2D eigenvalue weighted by atomic mass is 16.6. The molecular weight excluding hydrogens is 336 g/mol. The summed E-state index contributed by atoms with van der Waals surface area (Å²) in [6.07, 6.45) is 0.854. The molecule has 7 heteroatoms. The van der Waals surface area contributed by atoms with Crippen molar-refractivity contribution >= 4 is 18.0 Å². The zero-order chi connectivity index (χ0) is 20.0. The second kappa shape index (κ2) is 6.74. The van der Waals surface area contributed by atoms with Crippen LogP contribution in [0.25, 0.3) is 0 Å². The summed E-state index contributed by atoms with van der Waals surface area (Å²) in [6, 6.07) is -1.75. The van der Waals surface area contributed by atoms with Crippen LogP contribution in [0.15, 0.2) is 0 Å². The molecule has 2 aliphatic rings. The van der Waals surface area contributed by atoms with Crippen LogP contribution in [0.4, 0.5) is 4.79 Å². The fourth-order valence-corrected chi connectivity index (χ4v) is 4.19. The van der Waals surface area contributed by atoms with E-state index in [0.717, 1.165) is 6.42 Å². The van der Waals surface area contributed by atoms with E-state index in [1.54, 1.807) is 20.8 Å². The summed E-state index contributed by atoms with van der Waals surface area (Å²) in [5, 5.41) is 12.4. The van der Waals surface area contributed by atoms with Gasteiger partial charge in [0, 0.05) is 6.04 Å². The van der Waals surface area contributed by atoms with E-state index in [2.05, 4.69) is 5.32 Å². The number of rotatable bonds is 3. The van der Waals surface area contributed by atoms with Crippen molar-refractivity contribution in [2.45, 2.75) is 85.0 Å². The van der Waals surface area contributed by atoms with Crippen molar-refractivity contribution in [3.05, 3.63) is 0 Å². The number of fused-ring (bicyclic) bond motifs is 2. The van der Waals surface area contributed by atoms with Gasteiger partial charge in [0.15, 0.2) is 0 Å². The molecule has 7 nitrogen and oxygen atoms in total. The van der Waals surface area contributed by atoms with Crippen molar-refractivity contribution in [3.8, 4) is 0 Å². The summed E-state index contributed by atoms with van der Waals surface area (Å²) < 4.78 is 5.29. The van der Waals surface area contributed by atoms with E-state index < -0.39 is 35.2 Å². The predicted molar refractivity (Wildman–Crippen MR) is 96.6 cm³/mol. The van der Waals surface area contributed by atoms with Gasteiger partial charge >= 0.3 is 12.1 Å². The Morgan fingerprint density at radius 1 is 1.12 bits per heavy atom. The molecule has 1 aliphatic heterocycles. The number of carbonyl (C=O) groups is 3.